The van der Waals surface area contributed by atoms with E-state index in [1.165, 1.54) is 22.3 Å². The van der Waals surface area contributed by atoms with Crippen molar-refractivity contribution in [2.24, 2.45) is 0 Å². The second-order valence-electron chi connectivity index (χ2n) is 11.8. The molecule has 0 spiro atoms. The van der Waals surface area contributed by atoms with Crippen molar-refractivity contribution in [2.75, 3.05) is 24.0 Å². The lowest BCUT2D eigenvalue weighted by molar-refractivity contribution is 0.410. The van der Waals surface area contributed by atoms with Gasteiger partial charge in [0.2, 0.25) is 0 Å². The van der Waals surface area contributed by atoms with Crippen molar-refractivity contribution in [3.8, 4) is 22.6 Å². The number of hydrogen-bond donors (Lipinski definition) is 0. The van der Waals surface area contributed by atoms with E-state index in [1.807, 2.05) is 0 Å². The minimum Gasteiger partial charge on any atom is -0.496 e. The van der Waals surface area contributed by atoms with Crippen LogP contribution in [-0.4, -0.2) is 14.2 Å². The molecule has 0 aromatic heterocycles. The molecule has 0 aliphatic rings. The van der Waals surface area contributed by atoms with E-state index in [4.69, 9.17) is 9.47 Å². The van der Waals surface area contributed by atoms with Gasteiger partial charge in [0.15, 0.2) is 0 Å². The average molecular weight is 605 g/mol. The summed E-state index contributed by atoms with van der Waals surface area (Å²) in [5.74, 6) is 1.53. The van der Waals surface area contributed by atoms with Crippen LogP contribution in [0.1, 0.15) is 22.3 Å². The summed E-state index contributed by atoms with van der Waals surface area (Å²) in [5.41, 5.74) is 13.1. The van der Waals surface area contributed by atoms with E-state index in [0.29, 0.717) is 0 Å². The lowest BCUT2D eigenvalue weighted by Gasteiger charge is -2.28. The van der Waals surface area contributed by atoms with E-state index in [-0.39, 0.29) is 0 Å². The normalized spacial score (nSPS) is 10.8. The van der Waals surface area contributed by atoms with Gasteiger partial charge in [0, 0.05) is 57.4 Å². The quantitative estimate of drug-likeness (QED) is 0.164. The Bertz CT molecular complexity index is 1760. The predicted molar refractivity (Wildman–Crippen MR) is 193 cm³/mol. The molecule has 0 heterocycles. The van der Waals surface area contributed by atoms with Crippen molar-refractivity contribution >= 4 is 34.1 Å². The molecule has 0 unspecified atom stereocenters. The first kappa shape index (κ1) is 30.5. The van der Waals surface area contributed by atoms with E-state index < -0.39 is 0 Å². The van der Waals surface area contributed by atoms with Gasteiger partial charge in [-0.15, -0.1) is 0 Å². The van der Waals surface area contributed by atoms with Crippen LogP contribution in [0.15, 0.2) is 133 Å². The summed E-state index contributed by atoms with van der Waals surface area (Å²) >= 11 is 0. The van der Waals surface area contributed by atoms with Crippen LogP contribution >= 0.6 is 0 Å². The van der Waals surface area contributed by atoms with Gasteiger partial charge in [-0.25, -0.2) is 0 Å². The van der Waals surface area contributed by atoms with E-state index in [9.17, 15) is 0 Å². The van der Waals surface area contributed by atoms with Gasteiger partial charge in [-0.2, -0.15) is 0 Å². The Kier molecular flexibility index (Phi) is 8.80. The Hall–Kier alpha value is -5.48. The van der Waals surface area contributed by atoms with Crippen molar-refractivity contribution in [3.05, 3.63) is 156 Å². The topological polar surface area (TPSA) is 24.9 Å². The van der Waals surface area contributed by atoms with E-state index in [1.54, 1.807) is 14.2 Å². The Morgan fingerprint density at radius 3 is 0.891 bits per heavy atom. The average Bonchev–Trinajstić information content (AvgIpc) is 3.05. The highest BCUT2D eigenvalue weighted by atomic mass is 16.5. The van der Waals surface area contributed by atoms with Gasteiger partial charge in [0.25, 0.3) is 0 Å². The third-order valence-electron chi connectivity index (χ3n) is 8.22. The summed E-state index contributed by atoms with van der Waals surface area (Å²) in [4.78, 5) is 4.54. The number of aryl methyl sites for hydroxylation is 4. The zero-order valence-corrected chi connectivity index (χ0v) is 27.4. The maximum atomic E-state index is 6.06. The zero-order chi connectivity index (χ0) is 32.2. The number of ether oxygens (including phenoxy) is 2. The largest absolute Gasteiger partial charge is 0.496 e. The summed E-state index contributed by atoms with van der Waals surface area (Å²) < 4.78 is 12.1. The minimum atomic E-state index is 0.767. The molecule has 6 rings (SSSR count). The van der Waals surface area contributed by atoms with Crippen LogP contribution in [0.25, 0.3) is 11.1 Å². The van der Waals surface area contributed by atoms with Crippen LogP contribution < -0.4 is 19.3 Å². The molecule has 6 aromatic rings. The number of benzene rings is 6. The van der Waals surface area contributed by atoms with Gasteiger partial charge in [-0.1, -0.05) is 48.5 Å². The third-order valence-corrected chi connectivity index (χ3v) is 8.22. The Balaban J connectivity index is 1.45. The molecular formula is C42H40N2O2. The molecule has 0 aliphatic heterocycles. The van der Waals surface area contributed by atoms with Gasteiger partial charge in [-0.3, -0.25) is 0 Å². The van der Waals surface area contributed by atoms with Crippen LogP contribution in [-0.2, 0) is 0 Å². The van der Waals surface area contributed by atoms with Gasteiger partial charge in [0.05, 0.1) is 14.2 Å². The number of methoxy groups -OCH3 is 2. The van der Waals surface area contributed by atoms with Gasteiger partial charge < -0.3 is 19.3 Å². The first-order valence-electron chi connectivity index (χ1n) is 15.6. The van der Waals surface area contributed by atoms with Gasteiger partial charge >= 0.3 is 0 Å². The summed E-state index contributed by atoms with van der Waals surface area (Å²) in [6.45, 7) is 8.49. The predicted octanol–water partition coefficient (Wildman–Crippen LogP) is 11.5. The summed E-state index contributed by atoms with van der Waals surface area (Å²) in [5, 5.41) is 0. The highest BCUT2D eigenvalue weighted by Crippen LogP contribution is 2.45. The molecule has 46 heavy (non-hydrogen) atoms. The first-order valence-corrected chi connectivity index (χ1v) is 15.6. The van der Waals surface area contributed by atoms with Crippen molar-refractivity contribution in [2.45, 2.75) is 27.7 Å². The van der Waals surface area contributed by atoms with Crippen LogP contribution in [0, 0.1) is 27.7 Å². The Labute approximate surface area is 273 Å². The van der Waals surface area contributed by atoms with Crippen LogP contribution in [0.3, 0.4) is 0 Å². The molecule has 0 saturated heterocycles. The molecule has 0 aliphatic carbocycles. The minimum absolute atomic E-state index is 0.767. The second kappa shape index (κ2) is 13.3. The number of rotatable bonds is 9. The van der Waals surface area contributed by atoms with Crippen molar-refractivity contribution in [1.82, 2.24) is 0 Å². The van der Waals surface area contributed by atoms with Crippen molar-refractivity contribution < 1.29 is 9.47 Å². The number of anilines is 6. The van der Waals surface area contributed by atoms with Crippen molar-refractivity contribution in [1.29, 1.82) is 0 Å². The summed E-state index contributed by atoms with van der Waals surface area (Å²) in [6, 6.07) is 47.1. The molecule has 6 aromatic carbocycles. The lowest BCUT2D eigenvalue weighted by atomic mass is 10.0. The lowest BCUT2D eigenvalue weighted by Crippen LogP contribution is -2.11. The molecule has 0 radical (unpaired) electrons. The SMILES string of the molecule is COc1cc(N(c2cccc(C)c2)c2cccc(C)c2)ccc1-c1ccc(N(c2cccc(C)c2)c2cccc(C)c2)cc1OC. The Morgan fingerprint density at radius 1 is 0.348 bits per heavy atom. The fourth-order valence-corrected chi connectivity index (χ4v) is 6.05. The molecule has 0 atom stereocenters. The first-order chi connectivity index (χ1) is 22.3. The van der Waals surface area contributed by atoms with E-state index in [0.717, 1.165) is 56.8 Å². The molecule has 230 valence electrons. The smallest absolute Gasteiger partial charge is 0.128 e. The fourth-order valence-electron chi connectivity index (χ4n) is 6.05. The molecule has 0 fully saturated rings. The van der Waals surface area contributed by atoms with Gasteiger partial charge in [0.1, 0.15) is 11.5 Å². The van der Waals surface area contributed by atoms with Crippen molar-refractivity contribution in [3.63, 3.8) is 0 Å². The maximum absolute atomic E-state index is 6.06. The molecular weight excluding hydrogens is 564 g/mol. The third kappa shape index (κ3) is 6.33. The molecule has 0 saturated carbocycles. The highest BCUT2D eigenvalue weighted by molar-refractivity contribution is 5.86. The van der Waals surface area contributed by atoms with Crippen LogP contribution in [0.4, 0.5) is 34.1 Å². The molecule has 4 nitrogen and oxygen atoms in total. The monoisotopic (exact) mass is 604 g/mol. The Morgan fingerprint density at radius 2 is 0.630 bits per heavy atom. The second-order valence-corrected chi connectivity index (χ2v) is 11.8. The summed E-state index contributed by atoms with van der Waals surface area (Å²) in [7, 11) is 3.45. The summed E-state index contributed by atoms with van der Waals surface area (Å²) in [6.07, 6.45) is 0. The molecule has 0 amide bonds. The maximum Gasteiger partial charge on any atom is 0.128 e. The van der Waals surface area contributed by atoms with Crippen LogP contribution in [0.2, 0.25) is 0 Å². The standard InChI is InChI=1S/C42H40N2O2/c1-29-11-7-15-33(23-29)43(34-16-8-12-30(2)24-34)37-19-21-39(41(27-37)45-5)40-22-20-38(28-42(40)46-6)44(35-17-9-13-31(3)25-35)36-18-10-14-32(4)26-36/h7-28H,1-6H3. The number of hydrogen-bond acceptors (Lipinski definition) is 4. The molecule has 0 bridgehead atoms. The fraction of sp³-hybridized carbons (Fsp3) is 0.143. The number of nitrogens with zero attached hydrogens (tertiary/aromatic N) is 2. The highest BCUT2D eigenvalue weighted by Gasteiger charge is 2.20. The molecule has 4 heteroatoms. The van der Waals surface area contributed by atoms with Crippen LogP contribution in [0.5, 0.6) is 11.5 Å². The molecule has 0 N–H and O–H groups in total. The zero-order valence-electron chi connectivity index (χ0n) is 27.4. The van der Waals surface area contributed by atoms with E-state index >= 15 is 0 Å². The van der Waals surface area contributed by atoms with Gasteiger partial charge in [-0.05, 0) is 123 Å². The van der Waals surface area contributed by atoms with E-state index in [2.05, 4.69) is 171 Å².